The van der Waals surface area contributed by atoms with Gasteiger partial charge in [-0.1, -0.05) is 31.2 Å². The summed E-state index contributed by atoms with van der Waals surface area (Å²) in [4.78, 5) is 39.9. The Labute approximate surface area is 182 Å². The molecule has 2 saturated carbocycles. The second-order valence-corrected chi connectivity index (χ2v) is 9.94. The van der Waals surface area contributed by atoms with Crippen LogP contribution >= 0.6 is 0 Å². The number of benzene rings is 2. The highest BCUT2D eigenvalue weighted by atomic mass is 16.5. The zero-order valence-corrected chi connectivity index (χ0v) is 18.0. The van der Waals surface area contributed by atoms with Gasteiger partial charge in [0.15, 0.2) is 11.6 Å². The van der Waals surface area contributed by atoms with Gasteiger partial charge in [0.2, 0.25) is 0 Å². The molecule has 31 heavy (non-hydrogen) atoms. The lowest BCUT2D eigenvalue weighted by molar-refractivity contribution is -0.129. The highest BCUT2D eigenvalue weighted by molar-refractivity contribution is 6.30. The topological polar surface area (TPSA) is 60.4 Å². The van der Waals surface area contributed by atoms with E-state index in [9.17, 15) is 14.4 Å². The van der Waals surface area contributed by atoms with Gasteiger partial charge < -0.3 is 4.74 Å². The highest BCUT2D eigenvalue weighted by Crippen LogP contribution is 2.60. The minimum Gasteiger partial charge on any atom is -0.496 e. The molecule has 6 rings (SSSR count). The minimum absolute atomic E-state index is 0.0585. The van der Waals surface area contributed by atoms with E-state index >= 15 is 0 Å². The van der Waals surface area contributed by atoms with Crippen molar-refractivity contribution in [1.29, 1.82) is 0 Å². The van der Waals surface area contributed by atoms with Gasteiger partial charge in [-0.2, -0.15) is 0 Å². The van der Waals surface area contributed by atoms with Gasteiger partial charge in [-0.25, -0.2) is 0 Å². The van der Waals surface area contributed by atoms with Crippen LogP contribution in [0.15, 0.2) is 30.3 Å². The van der Waals surface area contributed by atoms with Gasteiger partial charge in [-0.05, 0) is 67.1 Å². The molecule has 4 atom stereocenters. The van der Waals surface area contributed by atoms with E-state index in [0.29, 0.717) is 52.0 Å². The van der Waals surface area contributed by atoms with Crippen LogP contribution in [0, 0.1) is 17.3 Å². The first-order valence-electron chi connectivity index (χ1n) is 11.4. The van der Waals surface area contributed by atoms with Gasteiger partial charge in [0.05, 0.1) is 12.7 Å². The van der Waals surface area contributed by atoms with Crippen molar-refractivity contribution < 1.29 is 19.1 Å². The van der Waals surface area contributed by atoms with E-state index in [0.717, 1.165) is 43.2 Å². The van der Waals surface area contributed by atoms with Crippen LogP contribution < -0.4 is 4.74 Å². The van der Waals surface area contributed by atoms with Crippen molar-refractivity contribution in [3.05, 3.63) is 63.7 Å². The monoisotopic (exact) mass is 414 g/mol. The molecule has 0 heterocycles. The van der Waals surface area contributed by atoms with E-state index in [1.807, 2.05) is 12.1 Å². The Morgan fingerprint density at radius 1 is 0.935 bits per heavy atom. The molecule has 0 N–H and O–H groups in total. The van der Waals surface area contributed by atoms with Gasteiger partial charge in [0.25, 0.3) is 0 Å². The predicted octanol–water partition coefficient (Wildman–Crippen LogP) is 4.90. The molecule has 158 valence electrons. The second kappa shape index (κ2) is 6.38. The van der Waals surface area contributed by atoms with Crippen LogP contribution in [0.25, 0.3) is 0 Å². The maximum atomic E-state index is 13.7. The maximum Gasteiger partial charge on any atom is 0.198 e. The molecular formula is C27H26O4. The molecule has 0 saturated heterocycles. The molecule has 4 aliphatic carbocycles. The normalized spacial score (nSPS) is 30.8. The number of carbonyl (C=O) groups excluding carboxylic acids is 3. The van der Waals surface area contributed by atoms with Crippen molar-refractivity contribution in [2.45, 2.75) is 51.4 Å². The molecule has 4 aliphatic rings. The van der Waals surface area contributed by atoms with Crippen molar-refractivity contribution in [3.63, 3.8) is 0 Å². The van der Waals surface area contributed by atoms with E-state index in [-0.39, 0.29) is 22.9 Å². The van der Waals surface area contributed by atoms with Crippen LogP contribution in [0.5, 0.6) is 5.75 Å². The third-order valence-corrected chi connectivity index (χ3v) is 8.77. The van der Waals surface area contributed by atoms with Crippen LogP contribution in [0.4, 0.5) is 0 Å². The van der Waals surface area contributed by atoms with Gasteiger partial charge in [0, 0.05) is 28.5 Å². The predicted molar refractivity (Wildman–Crippen MR) is 116 cm³/mol. The molecule has 4 nitrogen and oxygen atoms in total. The molecule has 0 radical (unpaired) electrons. The maximum absolute atomic E-state index is 13.7. The van der Waals surface area contributed by atoms with Gasteiger partial charge >= 0.3 is 0 Å². The van der Waals surface area contributed by atoms with Crippen molar-refractivity contribution in [1.82, 2.24) is 0 Å². The third-order valence-electron chi connectivity index (χ3n) is 8.77. The van der Waals surface area contributed by atoms with Gasteiger partial charge in [0.1, 0.15) is 11.5 Å². The molecule has 2 aromatic carbocycles. The standard InChI is InChI=1S/C27H26O4/c1-27-12-11-16-15(19(27)9-10-21(27)28)8-7-14-13-20(31-2)23-24(22(14)16)26(30)18-6-4-3-5-17(18)25(23)29/h3-6,13,15-16,19H,7-12H2,1-2H3/t15-,16+,19+,27+/m1/s1. The molecule has 2 aromatic rings. The first-order chi connectivity index (χ1) is 15.0. The minimum atomic E-state index is -0.211. The van der Waals surface area contributed by atoms with Gasteiger partial charge in [-0.3, -0.25) is 14.4 Å². The number of hydrogen-bond donors (Lipinski definition) is 0. The molecule has 0 amide bonds. The number of rotatable bonds is 1. The number of fused-ring (bicyclic) bond motifs is 8. The lowest BCUT2D eigenvalue weighted by atomic mass is 9.54. The summed E-state index contributed by atoms with van der Waals surface area (Å²) in [6, 6.07) is 9.11. The van der Waals surface area contributed by atoms with Crippen molar-refractivity contribution in [2.75, 3.05) is 7.11 Å². The fraction of sp³-hybridized carbons (Fsp3) is 0.444. The summed E-state index contributed by atoms with van der Waals surface area (Å²) in [5, 5.41) is 0. The Bertz CT molecular complexity index is 1180. The number of ether oxygens (including phenoxy) is 1. The Balaban J connectivity index is 1.56. The summed E-state index contributed by atoms with van der Waals surface area (Å²) < 4.78 is 5.63. The number of Topliss-reactive ketones (excluding diaryl/α,β-unsaturated/α-hetero) is 1. The molecule has 0 aromatic heterocycles. The second-order valence-electron chi connectivity index (χ2n) is 9.94. The van der Waals surface area contributed by atoms with Crippen LogP contribution in [0.2, 0.25) is 0 Å². The van der Waals surface area contributed by atoms with E-state index in [1.165, 1.54) is 0 Å². The molecule has 4 heteroatoms. The first kappa shape index (κ1) is 19.0. The average molecular weight is 415 g/mol. The number of carbonyl (C=O) groups is 3. The fourth-order valence-electron chi connectivity index (χ4n) is 7.27. The van der Waals surface area contributed by atoms with E-state index in [2.05, 4.69) is 6.92 Å². The summed E-state index contributed by atoms with van der Waals surface area (Å²) >= 11 is 0. The fourth-order valence-corrected chi connectivity index (χ4v) is 7.27. The van der Waals surface area contributed by atoms with Crippen LogP contribution in [0.3, 0.4) is 0 Å². The van der Waals surface area contributed by atoms with Crippen LogP contribution in [-0.2, 0) is 11.2 Å². The van der Waals surface area contributed by atoms with Crippen molar-refractivity contribution in [3.8, 4) is 5.75 Å². The summed E-state index contributed by atoms with van der Waals surface area (Å²) in [5.74, 6) is 1.76. The summed E-state index contributed by atoms with van der Waals surface area (Å²) in [7, 11) is 1.57. The third kappa shape index (κ3) is 2.34. The molecule has 0 spiro atoms. The summed E-state index contributed by atoms with van der Waals surface area (Å²) in [5.41, 5.74) is 3.96. The summed E-state index contributed by atoms with van der Waals surface area (Å²) in [6.45, 7) is 2.16. The molecule has 0 unspecified atom stereocenters. The Kier molecular flexibility index (Phi) is 3.91. The molecule has 0 aliphatic heterocycles. The SMILES string of the molecule is COc1cc2c(c3c1C(=O)c1ccccc1C3=O)[C@H]1CC[C@]3(C)C(=O)CC[C@H]3[C@@H]1CC2. The Morgan fingerprint density at radius 2 is 1.65 bits per heavy atom. The van der Waals surface area contributed by atoms with Crippen LogP contribution in [-0.4, -0.2) is 24.5 Å². The first-order valence-corrected chi connectivity index (χ1v) is 11.4. The number of aryl methyl sites for hydroxylation is 1. The lowest BCUT2D eigenvalue weighted by Crippen LogP contribution is -2.43. The van der Waals surface area contributed by atoms with E-state index in [1.54, 1.807) is 25.3 Å². The van der Waals surface area contributed by atoms with E-state index in [4.69, 9.17) is 4.74 Å². The molecule has 2 fully saturated rings. The Morgan fingerprint density at radius 3 is 2.35 bits per heavy atom. The number of ketones is 3. The van der Waals surface area contributed by atoms with E-state index < -0.39 is 0 Å². The van der Waals surface area contributed by atoms with Crippen molar-refractivity contribution >= 4 is 17.3 Å². The highest BCUT2D eigenvalue weighted by Gasteiger charge is 2.55. The van der Waals surface area contributed by atoms with Gasteiger partial charge in [-0.15, -0.1) is 0 Å². The Hall–Kier alpha value is -2.75. The number of hydrogen-bond acceptors (Lipinski definition) is 4. The zero-order valence-electron chi connectivity index (χ0n) is 18.0. The molecule has 0 bridgehead atoms. The van der Waals surface area contributed by atoms with Crippen LogP contribution in [0.1, 0.15) is 87.9 Å². The lowest BCUT2D eigenvalue weighted by Gasteiger charge is -2.49. The zero-order chi connectivity index (χ0) is 21.5. The van der Waals surface area contributed by atoms with Crippen molar-refractivity contribution in [2.24, 2.45) is 17.3 Å². The number of methoxy groups -OCH3 is 1. The quantitative estimate of drug-likeness (QED) is 0.568. The summed E-state index contributed by atoms with van der Waals surface area (Å²) in [6.07, 6.45) is 5.31. The average Bonchev–Trinajstić information content (AvgIpc) is 3.10. The molecular weight excluding hydrogens is 388 g/mol. The largest absolute Gasteiger partial charge is 0.496 e. The smallest absolute Gasteiger partial charge is 0.198 e.